The molecule has 3 nitrogen and oxygen atoms in total. The quantitative estimate of drug-likeness (QED) is 0.570. The zero-order valence-electron chi connectivity index (χ0n) is 11.8. The largest absolute Gasteiger partial charge is 0.305 e. The van der Waals surface area contributed by atoms with Gasteiger partial charge in [0.2, 0.25) is 0 Å². The zero-order valence-corrected chi connectivity index (χ0v) is 15.0. The molecule has 0 spiro atoms. The summed E-state index contributed by atoms with van der Waals surface area (Å²) < 4.78 is 3.06. The third-order valence-electron chi connectivity index (χ3n) is 3.19. The Morgan fingerprint density at radius 3 is 2.64 bits per heavy atom. The Balaban J connectivity index is 1.77. The van der Waals surface area contributed by atoms with Crippen molar-refractivity contribution in [2.75, 3.05) is 0 Å². The Hall–Kier alpha value is -1.30. The van der Waals surface area contributed by atoms with Crippen molar-refractivity contribution in [3.05, 3.63) is 63.6 Å². The normalized spacial score (nSPS) is 10.9. The summed E-state index contributed by atoms with van der Waals surface area (Å²) in [4.78, 5) is 0. The maximum atomic E-state index is 6.01. The number of thioether (sulfide) groups is 1. The average molecular weight is 395 g/mol. The predicted molar refractivity (Wildman–Crippen MR) is 95.2 cm³/mol. The molecule has 0 aliphatic carbocycles. The molecule has 0 aliphatic rings. The number of aromatic nitrogens is 3. The first kappa shape index (κ1) is 15.6. The summed E-state index contributed by atoms with van der Waals surface area (Å²) in [6.45, 7) is 0. The molecule has 3 aromatic rings. The van der Waals surface area contributed by atoms with E-state index in [4.69, 9.17) is 11.6 Å². The lowest BCUT2D eigenvalue weighted by atomic mass is 10.2. The van der Waals surface area contributed by atoms with Gasteiger partial charge in [-0.2, -0.15) is 0 Å². The highest BCUT2D eigenvalue weighted by molar-refractivity contribution is 9.10. The summed E-state index contributed by atoms with van der Waals surface area (Å²) in [5.41, 5.74) is 2.22. The molecular formula is C16H13BrClN3S. The van der Waals surface area contributed by atoms with Crippen molar-refractivity contribution >= 4 is 39.3 Å². The molecule has 3 rings (SSSR count). The minimum absolute atomic E-state index is 0.756. The van der Waals surface area contributed by atoms with Gasteiger partial charge in [-0.25, -0.2) is 0 Å². The Bertz CT molecular complexity index is 786. The summed E-state index contributed by atoms with van der Waals surface area (Å²) >= 11 is 11.1. The van der Waals surface area contributed by atoms with E-state index in [1.807, 2.05) is 54.1 Å². The van der Waals surface area contributed by atoms with Crippen molar-refractivity contribution in [1.29, 1.82) is 0 Å². The van der Waals surface area contributed by atoms with Crippen molar-refractivity contribution in [1.82, 2.24) is 14.8 Å². The molecule has 0 radical (unpaired) electrons. The van der Waals surface area contributed by atoms with Gasteiger partial charge in [-0.1, -0.05) is 63.6 Å². The van der Waals surface area contributed by atoms with Gasteiger partial charge in [-0.3, -0.25) is 0 Å². The summed E-state index contributed by atoms with van der Waals surface area (Å²) in [5, 5.41) is 10.2. The predicted octanol–water partition coefficient (Wildman–Crippen LogP) is 5.19. The van der Waals surface area contributed by atoms with Crippen LogP contribution in [0.3, 0.4) is 0 Å². The first-order valence-corrected chi connectivity index (χ1v) is 8.82. The van der Waals surface area contributed by atoms with Crippen LogP contribution in [0.4, 0.5) is 0 Å². The van der Waals surface area contributed by atoms with Crippen LogP contribution >= 0.6 is 39.3 Å². The molecule has 1 aromatic heterocycles. The van der Waals surface area contributed by atoms with Crippen LogP contribution in [0.5, 0.6) is 0 Å². The van der Waals surface area contributed by atoms with Crippen molar-refractivity contribution in [2.45, 2.75) is 10.9 Å². The van der Waals surface area contributed by atoms with Crippen LogP contribution in [0.25, 0.3) is 11.4 Å². The summed E-state index contributed by atoms with van der Waals surface area (Å²) in [5.74, 6) is 1.67. The Morgan fingerprint density at radius 1 is 1.14 bits per heavy atom. The molecule has 0 saturated carbocycles. The van der Waals surface area contributed by atoms with Crippen LogP contribution in [0.2, 0.25) is 5.02 Å². The second-order valence-corrected chi connectivity index (χ2v) is 7.09. The Kier molecular flexibility index (Phi) is 4.86. The van der Waals surface area contributed by atoms with Gasteiger partial charge in [-0.15, -0.1) is 10.2 Å². The van der Waals surface area contributed by atoms with E-state index in [0.29, 0.717) is 0 Å². The highest BCUT2D eigenvalue weighted by Gasteiger charge is 2.11. The molecule has 0 bridgehead atoms. The third kappa shape index (κ3) is 3.54. The summed E-state index contributed by atoms with van der Waals surface area (Å²) in [7, 11) is 1.98. The lowest BCUT2D eigenvalue weighted by Crippen LogP contribution is -1.95. The van der Waals surface area contributed by atoms with Gasteiger partial charge in [-0.05, 0) is 29.8 Å². The fourth-order valence-electron chi connectivity index (χ4n) is 2.07. The van der Waals surface area contributed by atoms with E-state index < -0.39 is 0 Å². The van der Waals surface area contributed by atoms with Gasteiger partial charge in [0, 0.05) is 27.9 Å². The highest BCUT2D eigenvalue weighted by atomic mass is 79.9. The lowest BCUT2D eigenvalue weighted by molar-refractivity contribution is 0.794. The molecule has 0 unspecified atom stereocenters. The smallest absolute Gasteiger partial charge is 0.191 e. The van der Waals surface area contributed by atoms with E-state index in [9.17, 15) is 0 Å². The molecule has 0 N–H and O–H groups in total. The second-order valence-electron chi connectivity index (χ2n) is 4.79. The first-order chi connectivity index (χ1) is 10.6. The molecule has 112 valence electrons. The van der Waals surface area contributed by atoms with Crippen molar-refractivity contribution in [2.24, 2.45) is 7.05 Å². The van der Waals surface area contributed by atoms with E-state index in [1.165, 1.54) is 5.56 Å². The SMILES string of the molecule is Cn1c(SCc2cccc(Cl)c2)nnc1-c1ccc(Br)cc1. The van der Waals surface area contributed by atoms with Gasteiger partial charge in [0.25, 0.3) is 0 Å². The minimum atomic E-state index is 0.756. The van der Waals surface area contributed by atoms with Gasteiger partial charge in [0.15, 0.2) is 11.0 Å². The van der Waals surface area contributed by atoms with Crippen LogP contribution in [0.15, 0.2) is 58.2 Å². The van der Waals surface area contributed by atoms with Crippen molar-refractivity contribution < 1.29 is 0 Å². The van der Waals surface area contributed by atoms with Gasteiger partial charge in [0.1, 0.15) is 0 Å². The van der Waals surface area contributed by atoms with Gasteiger partial charge >= 0.3 is 0 Å². The fourth-order valence-corrected chi connectivity index (χ4v) is 3.40. The topological polar surface area (TPSA) is 30.7 Å². The van der Waals surface area contributed by atoms with Crippen LogP contribution < -0.4 is 0 Å². The number of halogens is 2. The van der Waals surface area contributed by atoms with E-state index in [1.54, 1.807) is 11.8 Å². The van der Waals surface area contributed by atoms with Gasteiger partial charge < -0.3 is 4.57 Å². The molecule has 1 heterocycles. The maximum absolute atomic E-state index is 6.01. The number of hydrogen-bond donors (Lipinski definition) is 0. The maximum Gasteiger partial charge on any atom is 0.191 e. The standard InChI is InChI=1S/C16H13BrClN3S/c1-21-15(12-5-7-13(17)8-6-12)19-20-16(21)22-10-11-3-2-4-14(18)9-11/h2-9H,10H2,1H3. The van der Waals surface area contributed by atoms with Crippen molar-refractivity contribution in [3.63, 3.8) is 0 Å². The Labute approximate surface area is 146 Å². The van der Waals surface area contributed by atoms with Crippen LogP contribution in [0, 0.1) is 0 Å². The van der Waals surface area contributed by atoms with E-state index in [0.717, 1.165) is 31.8 Å². The number of hydrogen-bond acceptors (Lipinski definition) is 3. The molecule has 0 saturated heterocycles. The monoisotopic (exact) mass is 393 g/mol. The fraction of sp³-hybridized carbons (Fsp3) is 0.125. The summed E-state index contributed by atoms with van der Waals surface area (Å²) in [6, 6.07) is 15.9. The molecular weight excluding hydrogens is 382 g/mol. The molecule has 0 atom stereocenters. The zero-order chi connectivity index (χ0) is 15.5. The number of nitrogens with zero attached hydrogens (tertiary/aromatic N) is 3. The lowest BCUT2D eigenvalue weighted by Gasteiger charge is -2.04. The highest BCUT2D eigenvalue weighted by Crippen LogP contribution is 2.26. The van der Waals surface area contributed by atoms with Crippen LogP contribution in [0.1, 0.15) is 5.56 Å². The molecule has 0 aliphatic heterocycles. The Morgan fingerprint density at radius 2 is 1.91 bits per heavy atom. The molecule has 6 heteroatoms. The third-order valence-corrected chi connectivity index (χ3v) is 5.05. The van der Waals surface area contributed by atoms with E-state index in [-0.39, 0.29) is 0 Å². The average Bonchev–Trinajstić information content (AvgIpc) is 2.87. The van der Waals surface area contributed by atoms with E-state index in [2.05, 4.69) is 32.2 Å². The molecule has 0 fully saturated rings. The molecule has 2 aromatic carbocycles. The van der Waals surface area contributed by atoms with Gasteiger partial charge in [0.05, 0.1) is 0 Å². The number of rotatable bonds is 4. The van der Waals surface area contributed by atoms with E-state index >= 15 is 0 Å². The van der Waals surface area contributed by atoms with Crippen LogP contribution in [-0.4, -0.2) is 14.8 Å². The number of benzene rings is 2. The summed E-state index contributed by atoms with van der Waals surface area (Å²) in [6.07, 6.45) is 0. The minimum Gasteiger partial charge on any atom is -0.305 e. The molecule has 22 heavy (non-hydrogen) atoms. The second kappa shape index (κ2) is 6.86. The first-order valence-electron chi connectivity index (χ1n) is 6.66. The van der Waals surface area contributed by atoms with Crippen LogP contribution in [-0.2, 0) is 12.8 Å². The molecule has 0 amide bonds. The van der Waals surface area contributed by atoms with Crippen molar-refractivity contribution in [3.8, 4) is 11.4 Å².